The van der Waals surface area contributed by atoms with E-state index in [4.69, 9.17) is 0 Å². The number of hydrogen-bond donors (Lipinski definition) is 0. The Hall–Kier alpha value is -0.820. The average Bonchev–Trinajstić information content (AvgIpc) is 1.83. The molecule has 0 heterocycles. The van der Waals surface area contributed by atoms with Gasteiger partial charge in [0.15, 0.2) is 0 Å². The van der Waals surface area contributed by atoms with Crippen LogP contribution in [-0.4, -0.2) is 18.5 Å². The number of hydrogen-bond acceptors (Lipinski definition) is 0. The van der Waals surface area contributed by atoms with E-state index in [2.05, 4.69) is 0 Å². The van der Waals surface area contributed by atoms with Crippen LogP contribution in [0.25, 0.3) is 0 Å². The fraction of sp³-hybridized carbons (Fsp3) is 0.600. The quantitative estimate of drug-likeness (QED) is 0.587. The number of allylic oxidation sites excluding steroid dienone is 1. The molecular formula is C5H2F8. The molecule has 0 aliphatic heterocycles. The molecule has 0 saturated carbocycles. The number of alkyl halides is 7. The van der Waals surface area contributed by atoms with Crippen molar-refractivity contribution in [1.82, 2.24) is 0 Å². The minimum absolute atomic E-state index is 1.43. The summed E-state index contributed by atoms with van der Waals surface area (Å²) in [6.07, 6.45) is -17.2. The second kappa shape index (κ2) is 3.51. The molecule has 13 heavy (non-hydrogen) atoms. The molecule has 0 rings (SSSR count). The first kappa shape index (κ1) is 12.2. The van der Waals surface area contributed by atoms with Gasteiger partial charge in [0.1, 0.15) is 5.57 Å². The van der Waals surface area contributed by atoms with Crippen molar-refractivity contribution in [2.45, 2.75) is 18.5 Å². The van der Waals surface area contributed by atoms with Crippen molar-refractivity contribution >= 4 is 0 Å². The highest BCUT2D eigenvalue weighted by molar-refractivity contribution is 5.13. The van der Waals surface area contributed by atoms with Crippen LogP contribution in [0.3, 0.4) is 0 Å². The summed E-state index contributed by atoms with van der Waals surface area (Å²) in [4.78, 5) is 0. The van der Waals surface area contributed by atoms with E-state index in [0.29, 0.717) is 0 Å². The molecule has 1 unspecified atom stereocenters. The zero-order valence-electron chi connectivity index (χ0n) is 5.68. The minimum atomic E-state index is -5.76. The Labute approximate surface area is 66.8 Å². The Balaban J connectivity index is 4.84. The van der Waals surface area contributed by atoms with Gasteiger partial charge in [-0.15, -0.1) is 0 Å². The van der Waals surface area contributed by atoms with Gasteiger partial charge in [-0.25, -0.2) is 8.78 Å². The summed E-state index contributed by atoms with van der Waals surface area (Å²) in [7, 11) is 0. The Morgan fingerprint density at radius 2 is 1.38 bits per heavy atom. The highest BCUT2D eigenvalue weighted by Crippen LogP contribution is 2.37. The SMILES string of the molecule is F/C=C(/C(F)C(F)(F)F)C(F)(F)F. The molecule has 0 saturated heterocycles. The summed E-state index contributed by atoms with van der Waals surface area (Å²) in [5.41, 5.74) is -2.89. The highest BCUT2D eigenvalue weighted by Gasteiger charge is 2.52. The zero-order valence-corrected chi connectivity index (χ0v) is 5.68. The van der Waals surface area contributed by atoms with Crippen LogP contribution >= 0.6 is 0 Å². The minimum Gasteiger partial charge on any atom is -0.232 e. The molecule has 0 aromatic rings. The van der Waals surface area contributed by atoms with E-state index >= 15 is 0 Å². The molecule has 0 aromatic carbocycles. The fourth-order valence-corrected chi connectivity index (χ4v) is 0.437. The van der Waals surface area contributed by atoms with Crippen LogP contribution in [0, 0.1) is 0 Å². The van der Waals surface area contributed by atoms with Gasteiger partial charge in [-0.05, 0) is 0 Å². The molecule has 0 aromatic heterocycles. The van der Waals surface area contributed by atoms with Crippen molar-refractivity contribution in [2.75, 3.05) is 0 Å². The maximum Gasteiger partial charge on any atom is 0.424 e. The summed E-state index contributed by atoms with van der Waals surface area (Å²) >= 11 is 0. The third kappa shape index (κ3) is 3.19. The monoisotopic (exact) mass is 214 g/mol. The van der Waals surface area contributed by atoms with Gasteiger partial charge < -0.3 is 0 Å². The van der Waals surface area contributed by atoms with Crippen molar-refractivity contribution in [2.24, 2.45) is 0 Å². The van der Waals surface area contributed by atoms with Gasteiger partial charge in [0.25, 0.3) is 0 Å². The molecule has 0 aliphatic rings. The van der Waals surface area contributed by atoms with E-state index in [0.717, 1.165) is 0 Å². The Morgan fingerprint density at radius 1 is 1.00 bits per heavy atom. The second-order valence-corrected chi connectivity index (χ2v) is 1.97. The number of halogens is 8. The molecule has 0 aliphatic carbocycles. The Morgan fingerprint density at radius 3 is 1.46 bits per heavy atom. The Bertz CT molecular complexity index is 196. The zero-order chi connectivity index (χ0) is 10.9. The predicted molar refractivity (Wildman–Crippen MR) is 26.2 cm³/mol. The van der Waals surface area contributed by atoms with Crippen LogP contribution < -0.4 is 0 Å². The van der Waals surface area contributed by atoms with Crippen LogP contribution in [-0.2, 0) is 0 Å². The van der Waals surface area contributed by atoms with Gasteiger partial charge in [-0.1, -0.05) is 0 Å². The van der Waals surface area contributed by atoms with E-state index in [1.165, 1.54) is 0 Å². The van der Waals surface area contributed by atoms with E-state index < -0.39 is 30.4 Å². The molecule has 1 atom stereocenters. The largest absolute Gasteiger partial charge is 0.424 e. The summed E-state index contributed by atoms with van der Waals surface area (Å²) in [6, 6.07) is 0. The van der Waals surface area contributed by atoms with Crippen LogP contribution in [0.15, 0.2) is 11.9 Å². The van der Waals surface area contributed by atoms with Crippen LogP contribution in [0.4, 0.5) is 35.1 Å². The average molecular weight is 214 g/mol. The Kier molecular flexibility index (Phi) is 3.28. The first-order valence-electron chi connectivity index (χ1n) is 2.69. The molecule has 0 amide bonds. The first-order chi connectivity index (χ1) is 5.60. The molecule has 0 nitrogen and oxygen atoms in total. The molecule has 0 fully saturated rings. The van der Waals surface area contributed by atoms with Gasteiger partial charge in [0.05, 0.1) is 6.33 Å². The van der Waals surface area contributed by atoms with Gasteiger partial charge >= 0.3 is 12.4 Å². The summed E-state index contributed by atoms with van der Waals surface area (Å²) in [5.74, 6) is 0. The number of rotatable bonds is 1. The summed E-state index contributed by atoms with van der Waals surface area (Å²) in [5, 5.41) is 0. The van der Waals surface area contributed by atoms with Crippen molar-refractivity contribution in [1.29, 1.82) is 0 Å². The van der Waals surface area contributed by atoms with Crippen molar-refractivity contribution in [3.05, 3.63) is 11.9 Å². The third-order valence-corrected chi connectivity index (χ3v) is 1.01. The van der Waals surface area contributed by atoms with Crippen LogP contribution in [0.5, 0.6) is 0 Å². The van der Waals surface area contributed by atoms with E-state index in [1.54, 1.807) is 0 Å². The van der Waals surface area contributed by atoms with Gasteiger partial charge in [-0.3, -0.25) is 0 Å². The molecule has 0 N–H and O–H groups in total. The highest BCUT2D eigenvalue weighted by atomic mass is 19.4. The second-order valence-electron chi connectivity index (χ2n) is 1.97. The van der Waals surface area contributed by atoms with Crippen LogP contribution in [0.1, 0.15) is 0 Å². The lowest BCUT2D eigenvalue weighted by Gasteiger charge is -2.16. The smallest absolute Gasteiger partial charge is 0.232 e. The maximum absolute atomic E-state index is 11.9. The molecular weight excluding hydrogens is 212 g/mol. The van der Waals surface area contributed by atoms with E-state index in [1.807, 2.05) is 0 Å². The molecule has 0 radical (unpaired) electrons. The summed E-state index contributed by atoms with van der Waals surface area (Å²) in [6.45, 7) is 0. The van der Waals surface area contributed by atoms with Crippen molar-refractivity contribution in [3.8, 4) is 0 Å². The maximum atomic E-state index is 11.9. The van der Waals surface area contributed by atoms with Crippen molar-refractivity contribution < 1.29 is 35.1 Å². The van der Waals surface area contributed by atoms with Gasteiger partial charge in [0.2, 0.25) is 6.17 Å². The molecule has 0 bridgehead atoms. The molecule has 0 spiro atoms. The van der Waals surface area contributed by atoms with E-state index in [9.17, 15) is 35.1 Å². The lowest BCUT2D eigenvalue weighted by atomic mass is 10.2. The first-order valence-corrected chi connectivity index (χ1v) is 2.69. The fourth-order valence-electron chi connectivity index (χ4n) is 0.437. The van der Waals surface area contributed by atoms with E-state index in [-0.39, 0.29) is 0 Å². The standard InChI is InChI=1S/C5H2F8/c6-1-2(4(8,9)10)3(7)5(11,12)13/h1,3H/b2-1-. The van der Waals surface area contributed by atoms with Gasteiger partial charge in [-0.2, -0.15) is 26.3 Å². The lowest BCUT2D eigenvalue weighted by Crippen LogP contribution is -2.33. The lowest BCUT2D eigenvalue weighted by molar-refractivity contribution is -0.191. The topological polar surface area (TPSA) is 0 Å². The third-order valence-electron chi connectivity index (χ3n) is 1.01. The molecule has 8 heteroatoms. The molecule has 78 valence electrons. The van der Waals surface area contributed by atoms with Crippen molar-refractivity contribution in [3.63, 3.8) is 0 Å². The van der Waals surface area contributed by atoms with Crippen LogP contribution in [0.2, 0.25) is 0 Å². The summed E-state index contributed by atoms with van der Waals surface area (Å²) < 4.78 is 91.6. The normalized spacial score (nSPS) is 17.4. The predicted octanol–water partition coefficient (Wildman–Crippen LogP) is 3.30. The van der Waals surface area contributed by atoms with Gasteiger partial charge in [0, 0.05) is 0 Å².